The fourth-order valence-electron chi connectivity index (χ4n) is 4.73. The number of carbonyl (C=O) groups is 1. The predicted octanol–water partition coefficient (Wildman–Crippen LogP) is 5.34. The number of aromatic nitrogens is 4. The molecule has 3 heterocycles. The van der Waals surface area contributed by atoms with Gasteiger partial charge in [-0.3, -0.25) is 14.4 Å². The van der Waals surface area contributed by atoms with E-state index in [4.69, 9.17) is 14.2 Å². The van der Waals surface area contributed by atoms with Crippen molar-refractivity contribution in [1.82, 2.24) is 24.8 Å². The number of hydrogen-bond donors (Lipinski definition) is 0. The zero-order valence-electron chi connectivity index (χ0n) is 21.8. The fraction of sp³-hybridized carbons (Fsp3) is 0.429. The summed E-state index contributed by atoms with van der Waals surface area (Å²) in [7, 11) is 0. The average Bonchev–Trinajstić information content (AvgIpc) is 3.45. The number of carbonyl (C=O) groups excluding carboxylic acids is 1. The van der Waals surface area contributed by atoms with Gasteiger partial charge in [0.25, 0.3) is 5.89 Å². The molecule has 0 saturated heterocycles. The van der Waals surface area contributed by atoms with Crippen molar-refractivity contribution in [3.05, 3.63) is 53.2 Å². The van der Waals surface area contributed by atoms with Gasteiger partial charge in [0.15, 0.2) is 0 Å². The molecule has 0 aliphatic carbocycles. The highest BCUT2D eigenvalue weighted by Crippen LogP contribution is 2.32. The first-order valence-electron chi connectivity index (χ1n) is 12.5. The first-order chi connectivity index (χ1) is 17.1. The van der Waals surface area contributed by atoms with E-state index in [1.54, 1.807) is 0 Å². The van der Waals surface area contributed by atoms with Gasteiger partial charge in [0.05, 0.1) is 12.1 Å². The zero-order chi connectivity index (χ0) is 25.6. The van der Waals surface area contributed by atoms with E-state index >= 15 is 0 Å². The van der Waals surface area contributed by atoms with Gasteiger partial charge in [0.1, 0.15) is 5.60 Å². The number of ether oxygens (including phenoxy) is 1. The van der Waals surface area contributed by atoms with Crippen LogP contribution in [0.3, 0.4) is 0 Å². The topological polar surface area (TPSA) is 86.3 Å². The molecular weight excluding hydrogens is 454 g/mol. The quantitative estimate of drug-likeness (QED) is 0.351. The Morgan fingerprint density at radius 1 is 1.19 bits per heavy atom. The van der Waals surface area contributed by atoms with Crippen LogP contribution in [-0.4, -0.2) is 49.5 Å². The minimum absolute atomic E-state index is 0.187. The Balaban J connectivity index is 1.35. The second-order valence-electron chi connectivity index (χ2n) is 10.8. The summed E-state index contributed by atoms with van der Waals surface area (Å²) < 4.78 is 13.1. The predicted molar refractivity (Wildman–Crippen MR) is 138 cm³/mol. The standard InChI is InChI=1S/C28H33N5O3/c1-17(2)33-15-21-13-19(8-10-24(21)30-33)27-29-26(31-36-27)23-9-7-20-14-32(12-11-22(20)18(23)3)16-25(34)35-28(4,5)6/h7-10,13,15,17H,11-12,14,16H2,1-6H3. The Bertz CT molecular complexity index is 1430. The highest BCUT2D eigenvalue weighted by Gasteiger charge is 2.25. The molecule has 0 N–H and O–H groups in total. The van der Waals surface area contributed by atoms with E-state index in [2.05, 4.69) is 48.1 Å². The molecule has 8 nitrogen and oxygen atoms in total. The molecule has 0 spiro atoms. The first-order valence-corrected chi connectivity index (χ1v) is 12.5. The molecule has 0 saturated carbocycles. The summed E-state index contributed by atoms with van der Waals surface area (Å²) in [6.45, 7) is 13.8. The molecule has 1 aliphatic heterocycles. The molecule has 0 radical (unpaired) electrons. The summed E-state index contributed by atoms with van der Waals surface area (Å²) >= 11 is 0. The van der Waals surface area contributed by atoms with Crippen molar-refractivity contribution in [3.8, 4) is 22.8 Å². The minimum atomic E-state index is -0.471. The van der Waals surface area contributed by atoms with E-state index in [1.165, 1.54) is 11.1 Å². The summed E-state index contributed by atoms with van der Waals surface area (Å²) in [5.74, 6) is 0.887. The monoisotopic (exact) mass is 487 g/mol. The van der Waals surface area contributed by atoms with Crippen molar-refractivity contribution in [3.63, 3.8) is 0 Å². The van der Waals surface area contributed by atoms with Crippen molar-refractivity contribution in [2.45, 2.75) is 66.2 Å². The van der Waals surface area contributed by atoms with Crippen LogP contribution in [0, 0.1) is 6.92 Å². The molecule has 188 valence electrons. The van der Waals surface area contributed by atoms with E-state index in [0.717, 1.165) is 47.1 Å². The van der Waals surface area contributed by atoms with Crippen molar-refractivity contribution >= 4 is 16.9 Å². The lowest BCUT2D eigenvalue weighted by Gasteiger charge is -2.30. The highest BCUT2D eigenvalue weighted by atomic mass is 16.6. The Morgan fingerprint density at radius 2 is 2.00 bits per heavy atom. The minimum Gasteiger partial charge on any atom is -0.459 e. The summed E-state index contributed by atoms with van der Waals surface area (Å²) in [6, 6.07) is 10.5. The summed E-state index contributed by atoms with van der Waals surface area (Å²) in [4.78, 5) is 19.1. The van der Waals surface area contributed by atoms with Crippen LogP contribution in [0.25, 0.3) is 33.7 Å². The molecule has 0 unspecified atom stereocenters. The van der Waals surface area contributed by atoms with Crippen LogP contribution >= 0.6 is 0 Å². The van der Waals surface area contributed by atoms with E-state index in [1.807, 2.05) is 49.8 Å². The van der Waals surface area contributed by atoms with Gasteiger partial charge in [0.2, 0.25) is 5.82 Å². The van der Waals surface area contributed by atoms with Gasteiger partial charge >= 0.3 is 5.97 Å². The van der Waals surface area contributed by atoms with Crippen LogP contribution in [0.2, 0.25) is 0 Å². The lowest BCUT2D eigenvalue weighted by molar-refractivity contribution is -0.156. The molecule has 5 rings (SSSR count). The Labute approximate surface area is 211 Å². The third kappa shape index (κ3) is 4.91. The van der Waals surface area contributed by atoms with Gasteiger partial charge in [-0.25, -0.2) is 0 Å². The van der Waals surface area contributed by atoms with Crippen molar-refractivity contribution in [2.75, 3.05) is 13.1 Å². The van der Waals surface area contributed by atoms with E-state index in [0.29, 0.717) is 24.3 Å². The summed E-state index contributed by atoms with van der Waals surface area (Å²) in [5.41, 5.74) is 5.99. The molecule has 8 heteroatoms. The van der Waals surface area contributed by atoms with E-state index in [-0.39, 0.29) is 5.97 Å². The van der Waals surface area contributed by atoms with Crippen LogP contribution in [0.1, 0.15) is 57.4 Å². The molecule has 0 atom stereocenters. The molecule has 2 aromatic heterocycles. The highest BCUT2D eigenvalue weighted by molar-refractivity contribution is 5.83. The van der Waals surface area contributed by atoms with E-state index < -0.39 is 5.60 Å². The molecule has 0 bridgehead atoms. The van der Waals surface area contributed by atoms with Gasteiger partial charge < -0.3 is 9.26 Å². The van der Waals surface area contributed by atoms with Crippen LogP contribution in [-0.2, 0) is 22.5 Å². The number of rotatable bonds is 5. The number of benzene rings is 2. The largest absolute Gasteiger partial charge is 0.459 e. The van der Waals surface area contributed by atoms with Gasteiger partial charge in [0, 0.05) is 41.8 Å². The molecule has 0 fully saturated rings. The molecule has 1 aliphatic rings. The molecule has 2 aromatic carbocycles. The van der Waals surface area contributed by atoms with Gasteiger partial charge in [-0.15, -0.1) is 0 Å². The van der Waals surface area contributed by atoms with Gasteiger partial charge in [-0.1, -0.05) is 17.3 Å². The number of hydrogen-bond acceptors (Lipinski definition) is 7. The maximum Gasteiger partial charge on any atom is 0.320 e. The average molecular weight is 488 g/mol. The first kappa shape index (κ1) is 24.2. The number of fused-ring (bicyclic) bond motifs is 2. The van der Waals surface area contributed by atoms with Crippen LogP contribution in [0.5, 0.6) is 0 Å². The van der Waals surface area contributed by atoms with Crippen LogP contribution in [0.4, 0.5) is 0 Å². The lowest BCUT2D eigenvalue weighted by Crippen LogP contribution is -2.38. The Morgan fingerprint density at radius 3 is 2.75 bits per heavy atom. The van der Waals surface area contributed by atoms with Crippen LogP contribution in [0.15, 0.2) is 41.1 Å². The number of esters is 1. The fourth-order valence-corrected chi connectivity index (χ4v) is 4.73. The second-order valence-corrected chi connectivity index (χ2v) is 10.8. The Kier molecular flexibility index (Phi) is 6.16. The molecule has 0 amide bonds. The summed E-state index contributed by atoms with van der Waals surface area (Å²) in [6.07, 6.45) is 2.90. The van der Waals surface area contributed by atoms with Crippen molar-refractivity contribution in [1.29, 1.82) is 0 Å². The SMILES string of the molecule is Cc1c(-c2noc(-c3ccc4nn(C(C)C)cc4c3)n2)ccc2c1CCN(CC(=O)OC(C)(C)C)C2. The normalized spacial score (nSPS) is 14.4. The maximum absolute atomic E-state index is 12.3. The smallest absolute Gasteiger partial charge is 0.320 e. The third-order valence-electron chi connectivity index (χ3n) is 6.51. The zero-order valence-corrected chi connectivity index (χ0v) is 21.8. The van der Waals surface area contributed by atoms with E-state index in [9.17, 15) is 4.79 Å². The van der Waals surface area contributed by atoms with Crippen molar-refractivity contribution < 1.29 is 14.1 Å². The summed E-state index contributed by atoms with van der Waals surface area (Å²) in [5, 5.41) is 9.95. The van der Waals surface area contributed by atoms with Crippen LogP contribution < -0.4 is 0 Å². The lowest BCUT2D eigenvalue weighted by atomic mass is 9.91. The second kappa shape index (κ2) is 9.17. The Hall–Kier alpha value is -3.52. The molecule has 4 aromatic rings. The van der Waals surface area contributed by atoms with Gasteiger partial charge in [-0.05, 0) is 82.9 Å². The maximum atomic E-state index is 12.3. The third-order valence-corrected chi connectivity index (χ3v) is 6.51. The van der Waals surface area contributed by atoms with Crippen molar-refractivity contribution in [2.24, 2.45) is 0 Å². The van der Waals surface area contributed by atoms with Gasteiger partial charge in [-0.2, -0.15) is 10.1 Å². The number of nitrogens with zero attached hydrogens (tertiary/aromatic N) is 5. The molecule has 36 heavy (non-hydrogen) atoms. The molecular formula is C28H33N5O3.